The van der Waals surface area contributed by atoms with Gasteiger partial charge >= 0.3 is 6.09 Å². The van der Waals surface area contributed by atoms with Crippen LogP contribution in [0.25, 0.3) is 10.9 Å². The number of pyridine rings is 1. The van der Waals surface area contributed by atoms with E-state index in [0.29, 0.717) is 36.1 Å². The number of fused-ring (bicyclic) bond motifs is 1. The van der Waals surface area contributed by atoms with Gasteiger partial charge in [-0.3, -0.25) is 14.4 Å². The Hall–Kier alpha value is -5.53. The number of anilines is 1. The Morgan fingerprint density at radius 1 is 1.08 bits per heavy atom. The Kier molecular flexibility index (Phi) is 11.1. The van der Waals surface area contributed by atoms with Crippen LogP contribution in [0.3, 0.4) is 0 Å². The third-order valence-corrected chi connectivity index (χ3v) is 8.28. The standard InChI is InChI=1S/C35H36F3N5O6/c1-41(35(47)48)19-22(7-2-3-9-31(44)42-12-4-5-13-42)33(45)40-29-8-6-14-43(34(29)46)20-27-16-24-15-26(37)18-30(32(24)39-27)49-21-23-10-11-25(36)17-28(23)38/h3,6,8-11,14-18,22,39H,2,4-5,7,12-13,19-21H2,1H3,(H,40,45)(H,47,48)/b9-3+/t22-/m0/s1. The summed E-state index contributed by atoms with van der Waals surface area (Å²) >= 11 is 0. The minimum atomic E-state index is -1.21. The van der Waals surface area contributed by atoms with Gasteiger partial charge in [-0.25, -0.2) is 18.0 Å². The van der Waals surface area contributed by atoms with E-state index in [0.717, 1.165) is 35.9 Å². The van der Waals surface area contributed by atoms with Crippen molar-refractivity contribution in [1.29, 1.82) is 0 Å². The molecule has 4 aromatic rings. The summed E-state index contributed by atoms with van der Waals surface area (Å²) < 4.78 is 48.9. The van der Waals surface area contributed by atoms with E-state index in [-0.39, 0.29) is 49.0 Å². The highest BCUT2D eigenvalue weighted by atomic mass is 19.1. The Labute approximate surface area is 279 Å². The molecule has 2 aromatic carbocycles. The highest BCUT2D eigenvalue weighted by Gasteiger charge is 2.23. The van der Waals surface area contributed by atoms with Crippen LogP contribution in [0.4, 0.5) is 23.7 Å². The maximum atomic E-state index is 14.4. The fourth-order valence-electron chi connectivity index (χ4n) is 5.64. The van der Waals surface area contributed by atoms with Crippen LogP contribution in [0.5, 0.6) is 5.75 Å². The summed E-state index contributed by atoms with van der Waals surface area (Å²) in [6, 6.07) is 10.1. The van der Waals surface area contributed by atoms with Crippen molar-refractivity contribution in [2.45, 2.75) is 38.8 Å². The number of nitrogens with one attached hydrogen (secondary N) is 2. The predicted octanol–water partition coefficient (Wildman–Crippen LogP) is 5.50. The highest BCUT2D eigenvalue weighted by Crippen LogP contribution is 2.29. The molecular weight excluding hydrogens is 643 g/mol. The molecule has 5 rings (SSSR count). The van der Waals surface area contributed by atoms with Crippen LogP contribution in [-0.2, 0) is 22.7 Å². The van der Waals surface area contributed by atoms with E-state index in [2.05, 4.69) is 10.3 Å². The number of carbonyl (C=O) groups is 3. The fourth-order valence-corrected chi connectivity index (χ4v) is 5.64. The lowest BCUT2D eigenvalue weighted by molar-refractivity contribution is -0.125. The molecule has 0 aliphatic carbocycles. The van der Waals surface area contributed by atoms with Gasteiger partial charge in [0.05, 0.1) is 18.0 Å². The summed E-state index contributed by atoms with van der Waals surface area (Å²) in [5.41, 5.74) is 0.420. The van der Waals surface area contributed by atoms with Gasteiger partial charge in [-0.1, -0.05) is 6.08 Å². The molecule has 3 amide bonds. The van der Waals surface area contributed by atoms with Crippen LogP contribution < -0.4 is 15.6 Å². The number of allylic oxidation sites excluding steroid dienone is 1. The number of benzene rings is 2. The van der Waals surface area contributed by atoms with Crippen LogP contribution in [0.2, 0.25) is 0 Å². The molecule has 0 unspecified atom stereocenters. The smallest absolute Gasteiger partial charge is 0.407 e. The summed E-state index contributed by atoms with van der Waals surface area (Å²) in [6.45, 7) is 1.02. The number of aromatic nitrogens is 2. The number of carboxylic acid groups (broad SMARTS) is 1. The average molecular weight is 680 g/mol. The molecule has 3 N–H and O–H groups in total. The zero-order valence-electron chi connectivity index (χ0n) is 26.8. The lowest BCUT2D eigenvalue weighted by atomic mass is 10.0. The number of hydrogen-bond donors (Lipinski definition) is 3. The SMILES string of the molecule is CN(C[C@H](CC/C=C/C(=O)N1CCCC1)C(=O)Nc1cccn(Cc2cc3cc(F)cc(OCc4ccc(F)cc4F)c3[nH]2)c1=O)C(=O)O. The molecule has 258 valence electrons. The zero-order valence-corrected chi connectivity index (χ0v) is 26.8. The Balaban J connectivity index is 1.28. The van der Waals surface area contributed by atoms with Gasteiger partial charge in [0.15, 0.2) is 0 Å². The van der Waals surface area contributed by atoms with E-state index < -0.39 is 40.9 Å². The van der Waals surface area contributed by atoms with E-state index in [1.54, 1.807) is 23.1 Å². The first-order valence-corrected chi connectivity index (χ1v) is 15.8. The molecular formula is C35H36F3N5O6. The van der Waals surface area contributed by atoms with Gasteiger partial charge < -0.3 is 34.5 Å². The number of carbonyl (C=O) groups excluding carboxylic acids is 2. The Morgan fingerprint density at radius 3 is 2.59 bits per heavy atom. The van der Waals surface area contributed by atoms with Gasteiger partial charge in [0.2, 0.25) is 11.8 Å². The average Bonchev–Trinajstić information content (AvgIpc) is 3.74. The van der Waals surface area contributed by atoms with Crippen LogP contribution in [0, 0.1) is 23.4 Å². The van der Waals surface area contributed by atoms with Crippen LogP contribution >= 0.6 is 0 Å². The molecule has 11 nitrogen and oxygen atoms in total. The monoisotopic (exact) mass is 679 g/mol. The molecule has 0 bridgehead atoms. The number of aromatic amines is 1. The predicted molar refractivity (Wildman–Crippen MR) is 176 cm³/mol. The van der Waals surface area contributed by atoms with E-state index >= 15 is 0 Å². The fraction of sp³-hybridized carbons (Fsp3) is 0.314. The zero-order chi connectivity index (χ0) is 35.1. The van der Waals surface area contributed by atoms with Crippen molar-refractivity contribution < 1.29 is 37.4 Å². The molecule has 1 saturated heterocycles. The van der Waals surface area contributed by atoms with Crippen molar-refractivity contribution in [3.8, 4) is 5.75 Å². The van der Waals surface area contributed by atoms with E-state index in [1.165, 1.54) is 42.1 Å². The minimum absolute atomic E-state index is 0.00585. The molecule has 1 fully saturated rings. The van der Waals surface area contributed by atoms with Gasteiger partial charge in [-0.05, 0) is 68.2 Å². The van der Waals surface area contributed by atoms with Crippen LogP contribution in [0.15, 0.2) is 71.7 Å². The quantitative estimate of drug-likeness (QED) is 0.160. The number of nitrogens with zero attached hydrogens (tertiary/aromatic N) is 3. The van der Waals surface area contributed by atoms with Gasteiger partial charge in [-0.15, -0.1) is 0 Å². The number of H-pyrrole nitrogens is 1. The number of ether oxygens (including phenoxy) is 1. The van der Waals surface area contributed by atoms with Gasteiger partial charge in [0, 0.05) is 61.7 Å². The second-order valence-electron chi connectivity index (χ2n) is 11.9. The molecule has 1 aliphatic heterocycles. The number of amides is 3. The summed E-state index contributed by atoms with van der Waals surface area (Å²) in [5, 5.41) is 12.5. The normalized spacial score (nSPS) is 13.6. The van der Waals surface area contributed by atoms with Crippen molar-refractivity contribution in [1.82, 2.24) is 19.4 Å². The van der Waals surface area contributed by atoms with Gasteiger partial charge in [0.1, 0.15) is 35.5 Å². The molecule has 14 heteroatoms. The molecule has 49 heavy (non-hydrogen) atoms. The van der Waals surface area contributed by atoms with E-state index in [9.17, 15) is 37.5 Å². The summed E-state index contributed by atoms with van der Waals surface area (Å²) in [6.07, 6.45) is 5.94. The first-order valence-electron chi connectivity index (χ1n) is 15.8. The third-order valence-electron chi connectivity index (χ3n) is 8.28. The van der Waals surface area contributed by atoms with Crippen molar-refractivity contribution >= 4 is 34.5 Å². The number of halogens is 3. The van der Waals surface area contributed by atoms with Crippen molar-refractivity contribution in [2.75, 3.05) is 32.0 Å². The first kappa shape index (κ1) is 34.8. The maximum Gasteiger partial charge on any atom is 0.407 e. The molecule has 0 radical (unpaired) electrons. The summed E-state index contributed by atoms with van der Waals surface area (Å²) in [5.74, 6) is -3.52. The second kappa shape index (κ2) is 15.6. The summed E-state index contributed by atoms with van der Waals surface area (Å²) in [4.78, 5) is 56.4. The summed E-state index contributed by atoms with van der Waals surface area (Å²) in [7, 11) is 1.34. The van der Waals surface area contributed by atoms with Gasteiger partial charge in [-0.2, -0.15) is 0 Å². The van der Waals surface area contributed by atoms with Crippen LogP contribution in [-0.4, -0.2) is 69.0 Å². The Bertz CT molecular complexity index is 1930. The molecule has 0 spiro atoms. The van der Waals surface area contributed by atoms with E-state index in [1.807, 2.05) is 0 Å². The minimum Gasteiger partial charge on any atom is -0.486 e. The van der Waals surface area contributed by atoms with Crippen LogP contribution in [0.1, 0.15) is 36.9 Å². The second-order valence-corrected chi connectivity index (χ2v) is 11.9. The van der Waals surface area contributed by atoms with Gasteiger partial charge in [0.25, 0.3) is 5.56 Å². The largest absolute Gasteiger partial charge is 0.486 e. The van der Waals surface area contributed by atoms with Crippen molar-refractivity contribution in [3.63, 3.8) is 0 Å². The van der Waals surface area contributed by atoms with E-state index in [4.69, 9.17) is 4.74 Å². The number of rotatable bonds is 13. The highest BCUT2D eigenvalue weighted by molar-refractivity contribution is 5.93. The first-order chi connectivity index (χ1) is 23.5. The molecule has 3 heterocycles. The number of likely N-dealkylation sites (tertiary alicyclic amines) is 1. The Morgan fingerprint density at radius 2 is 1.86 bits per heavy atom. The lowest BCUT2D eigenvalue weighted by Gasteiger charge is -2.21. The lowest BCUT2D eigenvalue weighted by Crippen LogP contribution is -2.37. The molecule has 1 atom stereocenters. The van der Waals surface area contributed by atoms with Crippen molar-refractivity contribution in [3.05, 3.63) is 106 Å². The topological polar surface area (TPSA) is 137 Å². The third kappa shape index (κ3) is 8.89. The maximum absolute atomic E-state index is 14.4. The molecule has 0 saturated carbocycles. The molecule has 1 aliphatic rings. The number of hydrogen-bond acceptors (Lipinski definition) is 5. The molecule has 2 aromatic heterocycles. The van der Waals surface area contributed by atoms with Crippen molar-refractivity contribution in [2.24, 2.45) is 5.92 Å².